The van der Waals surface area contributed by atoms with Gasteiger partial charge in [-0.1, -0.05) is 6.42 Å². The van der Waals surface area contributed by atoms with Crippen molar-refractivity contribution in [2.75, 3.05) is 6.54 Å². The second-order valence-corrected chi connectivity index (χ2v) is 7.20. The number of nitrogens with one attached hydrogen (secondary N) is 1. The number of carbonyl (C=O) groups is 1. The van der Waals surface area contributed by atoms with E-state index >= 15 is 0 Å². The van der Waals surface area contributed by atoms with E-state index in [0.717, 1.165) is 20.9 Å². The lowest BCUT2D eigenvalue weighted by molar-refractivity contribution is 0.0947. The fourth-order valence-corrected chi connectivity index (χ4v) is 3.50. The fourth-order valence-electron chi connectivity index (χ4n) is 2.21. The first kappa shape index (κ1) is 14.6. The van der Waals surface area contributed by atoms with Crippen molar-refractivity contribution in [2.24, 2.45) is 5.92 Å². The van der Waals surface area contributed by atoms with Gasteiger partial charge >= 0.3 is 0 Å². The molecule has 1 aromatic rings. The van der Waals surface area contributed by atoms with E-state index < -0.39 is 0 Å². The number of halogens is 3. The van der Waals surface area contributed by atoms with Crippen LogP contribution < -0.4 is 5.32 Å². The van der Waals surface area contributed by atoms with Crippen LogP contribution in [0.5, 0.6) is 0 Å². The summed E-state index contributed by atoms with van der Waals surface area (Å²) in [5.74, 6) is 0.383. The van der Waals surface area contributed by atoms with Crippen molar-refractivity contribution in [1.82, 2.24) is 5.32 Å². The monoisotopic (exact) mass is 441 g/mol. The zero-order valence-corrected chi connectivity index (χ0v) is 14.3. The number of benzene rings is 1. The topological polar surface area (TPSA) is 29.1 Å². The van der Waals surface area contributed by atoms with Crippen molar-refractivity contribution < 1.29 is 4.79 Å². The molecule has 0 bridgehead atoms. The minimum atomic E-state index is -0.0313. The Balaban J connectivity index is 1.97. The maximum absolute atomic E-state index is 12.1. The third-order valence-corrected chi connectivity index (χ3v) is 5.20. The van der Waals surface area contributed by atoms with Crippen LogP contribution in [0, 0.1) is 9.49 Å². The van der Waals surface area contributed by atoms with E-state index in [1.165, 1.54) is 6.42 Å². The van der Waals surface area contributed by atoms with Gasteiger partial charge in [-0.05, 0) is 75.5 Å². The third-order valence-electron chi connectivity index (χ3n) is 3.26. The molecule has 1 fully saturated rings. The summed E-state index contributed by atoms with van der Waals surface area (Å²) in [5, 5.41) is 3.20. The van der Waals surface area contributed by atoms with Crippen molar-refractivity contribution in [3.63, 3.8) is 0 Å². The zero-order valence-electron chi connectivity index (χ0n) is 9.76. The van der Waals surface area contributed by atoms with E-state index in [9.17, 15) is 4.79 Å². The number of amides is 1. The normalized spacial score (nSPS) is 23.1. The van der Waals surface area contributed by atoms with Crippen LogP contribution in [0.15, 0.2) is 22.7 Å². The average molecular weight is 443 g/mol. The molecule has 1 aliphatic rings. The van der Waals surface area contributed by atoms with Gasteiger partial charge in [-0.25, -0.2) is 0 Å². The highest BCUT2D eigenvalue weighted by Crippen LogP contribution is 2.29. The summed E-state index contributed by atoms with van der Waals surface area (Å²) in [7, 11) is 0. The highest BCUT2D eigenvalue weighted by atomic mass is 127. The van der Waals surface area contributed by atoms with E-state index in [1.54, 1.807) is 0 Å². The molecule has 1 aromatic carbocycles. The molecule has 2 rings (SSSR count). The van der Waals surface area contributed by atoms with Crippen LogP contribution in [-0.4, -0.2) is 17.8 Å². The number of rotatable bonds is 3. The minimum Gasteiger partial charge on any atom is -0.352 e. The lowest BCUT2D eigenvalue weighted by Gasteiger charge is -2.15. The summed E-state index contributed by atoms with van der Waals surface area (Å²) < 4.78 is 1.88. The molecule has 0 aromatic heterocycles. The van der Waals surface area contributed by atoms with Gasteiger partial charge in [0.2, 0.25) is 0 Å². The van der Waals surface area contributed by atoms with Gasteiger partial charge in [0.25, 0.3) is 5.91 Å². The maximum Gasteiger partial charge on any atom is 0.252 e. The van der Waals surface area contributed by atoms with Crippen molar-refractivity contribution in [3.05, 3.63) is 31.8 Å². The third kappa shape index (κ3) is 3.61. The number of carbonyl (C=O) groups excluding carboxylic acids is 1. The van der Waals surface area contributed by atoms with Crippen LogP contribution in [0.2, 0.25) is 0 Å². The molecule has 0 aliphatic heterocycles. The Morgan fingerprint density at radius 3 is 2.94 bits per heavy atom. The van der Waals surface area contributed by atoms with Crippen molar-refractivity contribution in [1.29, 1.82) is 0 Å². The van der Waals surface area contributed by atoms with Gasteiger partial charge in [0.05, 0.1) is 5.56 Å². The van der Waals surface area contributed by atoms with Crippen molar-refractivity contribution in [2.45, 2.75) is 24.6 Å². The second-order valence-electron chi connectivity index (χ2n) is 4.54. The van der Waals surface area contributed by atoms with Crippen LogP contribution >= 0.6 is 50.1 Å². The average Bonchev–Trinajstić information content (AvgIpc) is 2.75. The predicted octanol–water partition coefficient (Wildman–Crippen LogP) is 4.19. The molecular weight excluding hydrogens is 428 g/mol. The molecule has 1 amide bonds. The van der Waals surface area contributed by atoms with Crippen LogP contribution in [0.4, 0.5) is 0 Å². The fraction of sp³-hybridized carbons (Fsp3) is 0.462. The van der Waals surface area contributed by atoms with Gasteiger partial charge in [-0.15, -0.1) is 11.6 Å². The SMILES string of the molecule is O=C(NCC1CCCC1Cl)c1cc(I)ccc1Br. The molecule has 0 heterocycles. The Hall–Kier alpha value is 0.190. The van der Waals surface area contributed by atoms with Crippen LogP contribution in [-0.2, 0) is 0 Å². The van der Waals surface area contributed by atoms with Gasteiger partial charge in [-0.3, -0.25) is 4.79 Å². The predicted molar refractivity (Wildman–Crippen MR) is 86.2 cm³/mol. The zero-order chi connectivity index (χ0) is 13.1. The molecule has 1 N–H and O–H groups in total. The van der Waals surface area contributed by atoms with Gasteiger partial charge in [-0.2, -0.15) is 0 Å². The van der Waals surface area contributed by atoms with E-state index in [2.05, 4.69) is 43.8 Å². The van der Waals surface area contributed by atoms with E-state index in [-0.39, 0.29) is 11.3 Å². The summed E-state index contributed by atoms with van der Waals surface area (Å²) in [6.07, 6.45) is 3.35. The van der Waals surface area contributed by atoms with Crippen molar-refractivity contribution in [3.8, 4) is 0 Å². The maximum atomic E-state index is 12.1. The first-order chi connectivity index (χ1) is 8.58. The standard InChI is InChI=1S/C13H14BrClINO/c14-11-5-4-9(16)6-10(11)13(18)17-7-8-2-1-3-12(8)15/h4-6,8,12H,1-3,7H2,(H,17,18). The smallest absolute Gasteiger partial charge is 0.252 e. The first-order valence-corrected chi connectivity index (χ1v) is 8.26. The van der Waals surface area contributed by atoms with Gasteiger partial charge in [0.1, 0.15) is 0 Å². The molecule has 2 unspecified atom stereocenters. The quantitative estimate of drug-likeness (QED) is 0.552. The summed E-state index contributed by atoms with van der Waals surface area (Å²) in [6, 6.07) is 5.75. The highest BCUT2D eigenvalue weighted by Gasteiger charge is 2.25. The van der Waals surface area contributed by atoms with Crippen LogP contribution in [0.1, 0.15) is 29.6 Å². The lowest BCUT2D eigenvalue weighted by atomic mass is 10.1. The molecule has 1 saturated carbocycles. The Kier molecular flexibility index (Phi) is 5.33. The lowest BCUT2D eigenvalue weighted by Crippen LogP contribution is -2.31. The van der Waals surface area contributed by atoms with Crippen LogP contribution in [0.3, 0.4) is 0 Å². The summed E-state index contributed by atoms with van der Waals surface area (Å²) in [4.78, 5) is 12.1. The molecule has 5 heteroatoms. The van der Waals surface area contributed by atoms with E-state index in [4.69, 9.17) is 11.6 Å². The molecule has 18 heavy (non-hydrogen) atoms. The largest absolute Gasteiger partial charge is 0.352 e. The summed E-state index contributed by atoms with van der Waals surface area (Å²) >= 11 is 11.8. The Morgan fingerprint density at radius 2 is 2.28 bits per heavy atom. The molecule has 1 aliphatic carbocycles. The molecule has 2 atom stereocenters. The Morgan fingerprint density at radius 1 is 1.50 bits per heavy atom. The highest BCUT2D eigenvalue weighted by molar-refractivity contribution is 14.1. The second kappa shape index (κ2) is 6.57. The molecular formula is C13H14BrClINO. The molecule has 0 spiro atoms. The first-order valence-electron chi connectivity index (χ1n) is 5.95. The van der Waals surface area contributed by atoms with Gasteiger partial charge in [0, 0.05) is 20.0 Å². The molecule has 98 valence electrons. The number of hydrogen-bond acceptors (Lipinski definition) is 1. The van der Waals surface area contributed by atoms with Crippen LogP contribution in [0.25, 0.3) is 0 Å². The molecule has 0 saturated heterocycles. The van der Waals surface area contributed by atoms with E-state index in [0.29, 0.717) is 18.0 Å². The number of alkyl halides is 1. The minimum absolute atomic E-state index is 0.0313. The molecule has 0 radical (unpaired) electrons. The van der Waals surface area contributed by atoms with E-state index in [1.807, 2.05) is 18.2 Å². The van der Waals surface area contributed by atoms with Crippen molar-refractivity contribution >= 4 is 56.0 Å². The molecule has 2 nitrogen and oxygen atoms in total. The van der Waals surface area contributed by atoms with Gasteiger partial charge in [0.15, 0.2) is 0 Å². The Bertz CT molecular complexity index is 455. The summed E-state index contributed by atoms with van der Waals surface area (Å²) in [6.45, 7) is 0.672. The Labute approximate surface area is 134 Å². The summed E-state index contributed by atoms with van der Waals surface area (Å²) in [5.41, 5.74) is 0.686. The van der Waals surface area contributed by atoms with Gasteiger partial charge < -0.3 is 5.32 Å². The number of hydrogen-bond donors (Lipinski definition) is 1.